The molecule has 0 aromatic carbocycles. The fourth-order valence-corrected chi connectivity index (χ4v) is 2.16. The molecule has 0 aromatic rings. The standard InChI is InChI=1S/C10H17N3O2.ClH/c14-8-12-4-6-13(7-5-12)10(15)9-2-1-3-11-9;/h8-9,11H,1-7H2;1H. The number of amides is 2. The van der Waals surface area contributed by atoms with Crippen molar-refractivity contribution in [1.29, 1.82) is 0 Å². The number of nitrogens with zero attached hydrogens (tertiary/aromatic N) is 2. The van der Waals surface area contributed by atoms with E-state index >= 15 is 0 Å². The van der Waals surface area contributed by atoms with Gasteiger partial charge in [0.2, 0.25) is 12.3 Å². The molecule has 2 amide bonds. The van der Waals surface area contributed by atoms with Gasteiger partial charge in [0.15, 0.2) is 0 Å². The molecule has 2 aliphatic heterocycles. The topological polar surface area (TPSA) is 52.7 Å². The maximum Gasteiger partial charge on any atom is 0.239 e. The number of hydrogen-bond acceptors (Lipinski definition) is 3. The molecule has 0 spiro atoms. The van der Waals surface area contributed by atoms with Gasteiger partial charge in [0.1, 0.15) is 0 Å². The molecule has 5 nitrogen and oxygen atoms in total. The van der Waals surface area contributed by atoms with Crippen LogP contribution in [0.25, 0.3) is 0 Å². The van der Waals surface area contributed by atoms with Crippen molar-refractivity contribution in [1.82, 2.24) is 15.1 Å². The quantitative estimate of drug-likeness (QED) is 0.667. The molecule has 2 rings (SSSR count). The van der Waals surface area contributed by atoms with E-state index in [0.717, 1.165) is 25.8 Å². The second kappa shape index (κ2) is 6.06. The summed E-state index contributed by atoms with van der Waals surface area (Å²) >= 11 is 0. The highest BCUT2D eigenvalue weighted by atomic mass is 35.5. The largest absolute Gasteiger partial charge is 0.342 e. The van der Waals surface area contributed by atoms with Crippen LogP contribution >= 0.6 is 12.4 Å². The van der Waals surface area contributed by atoms with Gasteiger partial charge in [0.05, 0.1) is 6.04 Å². The summed E-state index contributed by atoms with van der Waals surface area (Å²) in [5.74, 6) is 0.207. The summed E-state index contributed by atoms with van der Waals surface area (Å²) in [5, 5.41) is 3.20. The number of piperazine rings is 1. The van der Waals surface area contributed by atoms with Crippen LogP contribution in [-0.4, -0.2) is 60.9 Å². The monoisotopic (exact) mass is 247 g/mol. The maximum atomic E-state index is 12.0. The Morgan fingerprint density at radius 3 is 2.44 bits per heavy atom. The molecular weight excluding hydrogens is 230 g/mol. The van der Waals surface area contributed by atoms with Crippen molar-refractivity contribution in [2.24, 2.45) is 0 Å². The Hall–Kier alpha value is -0.810. The molecule has 1 unspecified atom stereocenters. The minimum Gasteiger partial charge on any atom is -0.342 e. The minimum atomic E-state index is 0. The predicted octanol–water partition coefficient (Wildman–Crippen LogP) is -0.539. The van der Waals surface area contributed by atoms with E-state index in [0.29, 0.717) is 26.2 Å². The lowest BCUT2D eigenvalue weighted by Gasteiger charge is -2.34. The molecular formula is C10H18ClN3O2. The molecule has 0 aliphatic carbocycles. The van der Waals surface area contributed by atoms with Crippen molar-refractivity contribution in [3.05, 3.63) is 0 Å². The van der Waals surface area contributed by atoms with Gasteiger partial charge in [-0.15, -0.1) is 12.4 Å². The van der Waals surface area contributed by atoms with Crippen LogP contribution in [0.2, 0.25) is 0 Å². The lowest BCUT2D eigenvalue weighted by atomic mass is 10.2. The summed E-state index contributed by atoms with van der Waals surface area (Å²) < 4.78 is 0. The van der Waals surface area contributed by atoms with Crippen LogP contribution in [0, 0.1) is 0 Å². The summed E-state index contributed by atoms with van der Waals surface area (Å²) in [4.78, 5) is 26.0. The van der Waals surface area contributed by atoms with Crippen molar-refractivity contribution in [2.75, 3.05) is 32.7 Å². The van der Waals surface area contributed by atoms with E-state index in [-0.39, 0.29) is 24.4 Å². The smallest absolute Gasteiger partial charge is 0.239 e. The molecule has 2 heterocycles. The van der Waals surface area contributed by atoms with Gasteiger partial charge in [-0.1, -0.05) is 0 Å². The zero-order valence-corrected chi connectivity index (χ0v) is 10.0. The Kier molecular flexibility index (Phi) is 5.02. The Labute approximate surface area is 102 Å². The van der Waals surface area contributed by atoms with Gasteiger partial charge >= 0.3 is 0 Å². The van der Waals surface area contributed by atoms with Crippen LogP contribution in [0.15, 0.2) is 0 Å². The number of rotatable bonds is 2. The van der Waals surface area contributed by atoms with Crippen LogP contribution in [0.1, 0.15) is 12.8 Å². The third kappa shape index (κ3) is 2.86. The first-order valence-electron chi connectivity index (χ1n) is 5.53. The van der Waals surface area contributed by atoms with E-state index in [2.05, 4.69) is 5.32 Å². The normalized spacial score (nSPS) is 25.1. The van der Waals surface area contributed by atoms with Crippen LogP contribution in [0.5, 0.6) is 0 Å². The second-order valence-electron chi connectivity index (χ2n) is 4.12. The first-order chi connectivity index (χ1) is 7.31. The molecule has 2 fully saturated rings. The van der Waals surface area contributed by atoms with Gasteiger partial charge in [-0.3, -0.25) is 9.59 Å². The van der Waals surface area contributed by atoms with Gasteiger partial charge in [-0.2, -0.15) is 0 Å². The summed E-state index contributed by atoms with van der Waals surface area (Å²) in [5.41, 5.74) is 0. The van der Waals surface area contributed by atoms with Crippen LogP contribution in [0.3, 0.4) is 0 Å². The van der Waals surface area contributed by atoms with Gasteiger partial charge in [-0.25, -0.2) is 0 Å². The maximum absolute atomic E-state index is 12.0. The zero-order chi connectivity index (χ0) is 10.7. The van der Waals surface area contributed by atoms with Crippen molar-refractivity contribution in [2.45, 2.75) is 18.9 Å². The van der Waals surface area contributed by atoms with Crippen LogP contribution < -0.4 is 5.32 Å². The van der Waals surface area contributed by atoms with Gasteiger partial charge in [0.25, 0.3) is 0 Å². The average molecular weight is 248 g/mol. The Balaban J connectivity index is 0.00000128. The number of carbonyl (C=O) groups is 2. The van der Waals surface area contributed by atoms with Crippen molar-refractivity contribution < 1.29 is 9.59 Å². The molecule has 2 saturated heterocycles. The Morgan fingerprint density at radius 2 is 1.94 bits per heavy atom. The first kappa shape index (κ1) is 13.3. The molecule has 0 radical (unpaired) electrons. The molecule has 92 valence electrons. The molecule has 0 aromatic heterocycles. The number of carbonyl (C=O) groups excluding carboxylic acids is 2. The minimum absolute atomic E-state index is 0. The molecule has 6 heteroatoms. The fourth-order valence-electron chi connectivity index (χ4n) is 2.16. The van der Waals surface area contributed by atoms with Gasteiger partial charge in [-0.05, 0) is 19.4 Å². The number of hydrogen-bond donors (Lipinski definition) is 1. The SMILES string of the molecule is Cl.O=CN1CCN(C(=O)C2CCCN2)CC1. The van der Waals surface area contributed by atoms with E-state index in [9.17, 15) is 9.59 Å². The lowest BCUT2D eigenvalue weighted by Crippen LogP contribution is -2.52. The Bertz CT molecular complexity index is 248. The molecule has 1 N–H and O–H groups in total. The summed E-state index contributed by atoms with van der Waals surface area (Å²) in [7, 11) is 0. The predicted molar refractivity (Wildman–Crippen MR) is 62.5 cm³/mol. The first-order valence-corrected chi connectivity index (χ1v) is 5.53. The van der Waals surface area contributed by atoms with E-state index in [1.165, 1.54) is 0 Å². The third-order valence-electron chi connectivity index (χ3n) is 3.13. The molecule has 0 saturated carbocycles. The van der Waals surface area contributed by atoms with Crippen LogP contribution in [-0.2, 0) is 9.59 Å². The second-order valence-corrected chi connectivity index (χ2v) is 4.12. The fraction of sp³-hybridized carbons (Fsp3) is 0.800. The number of halogens is 1. The summed E-state index contributed by atoms with van der Waals surface area (Å²) in [6.07, 6.45) is 2.90. The molecule has 0 bridgehead atoms. The van der Waals surface area contributed by atoms with Crippen molar-refractivity contribution in [3.63, 3.8) is 0 Å². The van der Waals surface area contributed by atoms with E-state index < -0.39 is 0 Å². The lowest BCUT2D eigenvalue weighted by molar-refractivity contribution is -0.136. The summed E-state index contributed by atoms with van der Waals surface area (Å²) in [6, 6.07) is 0.0211. The number of nitrogens with one attached hydrogen (secondary N) is 1. The van der Waals surface area contributed by atoms with E-state index in [1.807, 2.05) is 4.90 Å². The highest BCUT2D eigenvalue weighted by molar-refractivity contribution is 5.85. The van der Waals surface area contributed by atoms with Crippen molar-refractivity contribution >= 4 is 24.7 Å². The highest BCUT2D eigenvalue weighted by Crippen LogP contribution is 2.10. The van der Waals surface area contributed by atoms with Gasteiger partial charge in [0, 0.05) is 26.2 Å². The van der Waals surface area contributed by atoms with Crippen LogP contribution in [0.4, 0.5) is 0 Å². The average Bonchev–Trinajstić information content (AvgIpc) is 2.82. The van der Waals surface area contributed by atoms with E-state index in [4.69, 9.17) is 0 Å². The molecule has 16 heavy (non-hydrogen) atoms. The van der Waals surface area contributed by atoms with Crippen molar-refractivity contribution in [3.8, 4) is 0 Å². The Morgan fingerprint density at radius 1 is 1.25 bits per heavy atom. The summed E-state index contributed by atoms with van der Waals surface area (Å²) in [6.45, 7) is 3.64. The molecule has 1 atom stereocenters. The highest BCUT2D eigenvalue weighted by Gasteiger charge is 2.28. The van der Waals surface area contributed by atoms with E-state index in [1.54, 1.807) is 4.90 Å². The zero-order valence-electron chi connectivity index (χ0n) is 9.22. The van der Waals surface area contributed by atoms with Gasteiger partial charge < -0.3 is 15.1 Å². The third-order valence-corrected chi connectivity index (χ3v) is 3.13. The molecule has 2 aliphatic rings.